The number of hydrogen-bond donors (Lipinski definition) is 2. The number of nitrogens with one attached hydrogen (secondary N) is 1. The van der Waals surface area contributed by atoms with Gasteiger partial charge in [0.15, 0.2) is 0 Å². The van der Waals surface area contributed by atoms with Crippen molar-refractivity contribution in [3.63, 3.8) is 0 Å². The van der Waals surface area contributed by atoms with E-state index < -0.39 is 10.2 Å². The summed E-state index contributed by atoms with van der Waals surface area (Å²) in [5.74, 6) is 1.24. The Bertz CT molecular complexity index is 850. The summed E-state index contributed by atoms with van der Waals surface area (Å²) in [5.41, 5.74) is 0.706. The van der Waals surface area contributed by atoms with E-state index in [0.29, 0.717) is 19.0 Å². The lowest BCUT2D eigenvalue weighted by molar-refractivity contribution is 0.214. The Labute approximate surface area is 134 Å². The van der Waals surface area contributed by atoms with Gasteiger partial charge in [-0.2, -0.15) is 12.7 Å². The van der Waals surface area contributed by atoms with Crippen molar-refractivity contribution in [1.82, 2.24) is 19.3 Å². The second kappa shape index (κ2) is 4.89. The van der Waals surface area contributed by atoms with E-state index in [-0.39, 0.29) is 5.41 Å². The van der Waals surface area contributed by atoms with Crippen LogP contribution < -0.4 is 10.0 Å². The largest absolute Gasteiger partial charge is 0.355 e. The molecule has 23 heavy (non-hydrogen) atoms. The van der Waals surface area contributed by atoms with Crippen molar-refractivity contribution in [1.29, 1.82) is 0 Å². The van der Waals surface area contributed by atoms with Crippen LogP contribution in [-0.2, 0) is 10.2 Å². The highest BCUT2D eigenvalue weighted by atomic mass is 32.2. The van der Waals surface area contributed by atoms with Gasteiger partial charge in [-0.1, -0.05) is 6.92 Å². The molecule has 0 aromatic carbocycles. The molecule has 0 aliphatic carbocycles. The number of aromatic nitrogens is 3. The van der Waals surface area contributed by atoms with Gasteiger partial charge >= 0.3 is 0 Å². The molecule has 4 heterocycles. The lowest BCUT2D eigenvalue weighted by Gasteiger charge is -2.42. The minimum atomic E-state index is -3.62. The lowest BCUT2D eigenvalue weighted by Crippen LogP contribution is -2.47. The molecule has 0 spiro atoms. The van der Waals surface area contributed by atoms with Gasteiger partial charge in [-0.05, 0) is 18.4 Å². The summed E-state index contributed by atoms with van der Waals surface area (Å²) in [4.78, 5) is 14.0. The van der Waals surface area contributed by atoms with Crippen molar-refractivity contribution in [2.75, 3.05) is 31.1 Å². The normalized spacial score (nSPS) is 29.1. The fourth-order valence-electron chi connectivity index (χ4n) is 3.99. The third-order valence-electron chi connectivity index (χ3n) is 5.24. The Hall–Kier alpha value is -1.71. The Kier molecular flexibility index (Phi) is 3.16. The molecule has 0 radical (unpaired) electrons. The molecule has 3 N–H and O–H groups in total. The van der Waals surface area contributed by atoms with Crippen LogP contribution in [0.15, 0.2) is 18.6 Å². The van der Waals surface area contributed by atoms with Crippen LogP contribution >= 0.6 is 0 Å². The molecule has 124 valence electrons. The van der Waals surface area contributed by atoms with Crippen molar-refractivity contribution in [3.05, 3.63) is 18.6 Å². The first-order chi connectivity index (χ1) is 10.9. The van der Waals surface area contributed by atoms with Crippen molar-refractivity contribution in [2.45, 2.75) is 13.3 Å². The van der Waals surface area contributed by atoms with Gasteiger partial charge in [-0.25, -0.2) is 15.1 Å². The standard InChI is InChI=1S/C14H20N6O2S/c1-14-7-19(13-11-2-4-16-12(11)17-9-18-13)5-3-10(14)6-20(8-14)23(15,21)22/h2,4,9-10H,3,5-8H2,1H3,(H2,15,21,22)(H,16,17,18). The number of piperidine rings is 1. The molecular formula is C14H20N6O2S. The van der Waals surface area contributed by atoms with Crippen molar-refractivity contribution in [2.24, 2.45) is 16.5 Å². The zero-order valence-electron chi connectivity index (χ0n) is 12.9. The maximum atomic E-state index is 11.7. The van der Waals surface area contributed by atoms with Gasteiger partial charge in [-0.3, -0.25) is 0 Å². The first-order valence-electron chi connectivity index (χ1n) is 7.68. The Morgan fingerprint density at radius 2 is 2.22 bits per heavy atom. The molecule has 2 saturated heterocycles. The highest BCUT2D eigenvalue weighted by Crippen LogP contribution is 2.43. The predicted octanol–water partition coefficient (Wildman–Crippen LogP) is 0.310. The van der Waals surface area contributed by atoms with Gasteiger partial charge in [-0.15, -0.1) is 0 Å². The summed E-state index contributed by atoms with van der Waals surface area (Å²) < 4.78 is 24.8. The SMILES string of the molecule is CC12CN(c3ncnc4[nH]ccc34)CCC1CN(S(N)(=O)=O)C2. The zero-order valence-corrected chi connectivity index (χ0v) is 13.8. The van der Waals surface area contributed by atoms with Gasteiger partial charge in [0, 0.05) is 37.8 Å². The topological polar surface area (TPSA) is 108 Å². The molecular weight excluding hydrogens is 316 g/mol. The molecule has 0 saturated carbocycles. The van der Waals surface area contributed by atoms with E-state index in [1.165, 1.54) is 4.31 Å². The van der Waals surface area contributed by atoms with Gasteiger partial charge < -0.3 is 9.88 Å². The van der Waals surface area contributed by atoms with Gasteiger partial charge in [0.1, 0.15) is 17.8 Å². The van der Waals surface area contributed by atoms with Crippen molar-refractivity contribution >= 4 is 27.1 Å². The average Bonchev–Trinajstić information content (AvgIpc) is 3.08. The van der Waals surface area contributed by atoms with Crippen LogP contribution in [0.4, 0.5) is 5.82 Å². The second-order valence-electron chi connectivity index (χ2n) is 6.84. The minimum Gasteiger partial charge on any atom is -0.355 e. The first-order valence-corrected chi connectivity index (χ1v) is 9.18. The van der Waals surface area contributed by atoms with Crippen LogP contribution in [0.2, 0.25) is 0 Å². The second-order valence-corrected chi connectivity index (χ2v) is 8.38. The summed E-state index contributed by atoms with van der Waals surface area (Å²) in [6, 6.07) is 1.98. The maximum absolute atomic E-state index is 11.7. The number of aromatic amines is 1. The zero-order chi connectivity index (χ0) is 16.2. The molecule has 2 aromatic heterocycles. The fourth-order valence-corrected chi connectivity index (χ4v) is 4.86. The first kappa shape index (κ1) is 14.9. The quantitative estimate of drug-likeness (QED) is 0.820. The van der Waals surface area contributed by atoms with Crippen LogP contribution in [0.25, 0.3) is 11.0 Å². The number of nitrogens with two attached hydrogens (primary N) is 1. The molecule has 2 aromatic rings. The van der Waals surface area contributed by atoms with Crippen LogP contribution in [0.5, 0.6) is 0 Å². The Morgan fingerprint density at radius 3 is 3.00 bits per heavy atom. The highest BCUT2D eigenvalue weighted by molar-refractivity contribution is 7.86. The summed E-state index contributed by atoms with van der Waals surface area (Å²) >= 11 is 0. The third-order valence-corrected chi connectivity index (χ3v) is 6.24. The highest BCUT2D eigenvalue weighted by Gasteiger charge is 2.49. The van der Waals surface area contributed by atoms with Crippen LogP contribution in [0.3, 0.4) is 0 Å². The van der Waals surface area contributed by atoms with E-state index in [1.807, 2.05) is 12.3 Å². The molecule has 0 amide bonds. The Balaban J connectivity index is 1.64. The molecule has 9 heteroatoms. The fraction of sp³-hybridized carbons (Fsp3) is 0.571. The molecule has 2 aliphatic heterocycles. The predicted molar refractivity (Wildman–Crippen MR) is 87.0 cm³/mol. The van der Waals surface area contributed by atoms with Gasteiger partial charge in [0.25, 0.3) is 10.2 Å². The number of hydrogen-bond acceptors (Lipinski definition) is 5. The lowest BCUT2D eigenvalue weighted by atomic mass is 9.75. The van der Waals surface area contributed by atoms with E-state index in [0.717, 1.165) is 36.4 Å². The summed E-state index contributed by atoms with van der Waals surface area (Å²) in [5, 5.41) is 6.32. The van der Waals surface area contributed by atoms with Crippen molar-refractivity contribution < 1.29 is 8.42 Å². The molecule has 2 fully saturated rings. The summed E-state index contributed by atoms with van der Waals surface area (Å²) in [6.45, 7) is 4.75. The minimum absolute atomic E-state index is 0.113. The van der Waals surface area contributed by atoms with E-state index in [1.54, 1.807) is 6.33 Å². The Morgan fingerprint density at radius 1 is 1.39 bits per heavy atom. The molecule has 2 aliphatic rings. The monoisotopic (exact) mass is 336 g/mol. The smallest absolute Gasteiger partial charge is 0.276 e. The maximum Gasteiger partial charge on any atom is 0.276 e. The summed E-state index contributed by atoms with van der Waals surface area (Å²) in [6.07, 6.45) is 4.35. The van der Waals surface area contributed by atoms with E-state index in [9.17, 15) is 8.42 Å². The summed E-state index contributed by atoms with van der Waals surface area (Å²) in [7, 11) is -3.62. The average molecular weight is 336 g/mol. The van der Waals surface area contributed by atoms with E-state index in [4.69, 9.17) is 5.14 Å². The van der Waals surface area contributed by atoms with Crippen molar-refractivity contribution in [3.8, 4) is 0 Å². The number of fused-ring (bicyclic) bond motifs is 2. The van der Waals surface area contributed by atoms with Gasteiger partial charge in [0.05, 0.1) is 5.39 Å². The van der Waals surface area contributed by atoms with E-state index in [2.05, 4.69) is 26.8 Å². The molecule has 2 atom stereocenters. The van der Waals surface area contributed by atoms with Gasteiger partial charge in [0.2, 0.25) is 0 Å². The molecule has 2 unspecified atom stereocenters. The van der Waals surface area contributed by atoms with Crippen LogP contribution in [0.1, 0.15) is 13.3 Å². The number of nitrogens with zero attached hydrogens (tertiary/aromatic N) is 4. The van der Waals surface area contributed by atoms with Crippen LogP contribution in [-0.4, -0.2) is 53.9 Å². The molecule has 0 bridgehead atoms. The molecule has 4 rings (SSSR count). The molecule has 8 nitrogen and oxygen atoms in total. The number of anilines is 1. The van der Waals surface area contributed by atoms with E-state index >= 15 is 0 Å². The van der Waals surface area contributed by atoms with Crippen LogP contribution in [0, 0.1) is 11.3 Å². The number of rotatable bonds is 2. The third kappa shape index (κ3) is 2.39. The number of H-pyrrole nitrogens is 1.